The number of ketones is 1. The van der Waals surface area contributed by atoms with E-state index < -0.39 is 14.2 Å². The van der Waals surface area contributed by atoms with Crippen LogP contribution in [0.1, 0.15) is 46.0 Å². The first-order chi connectivity index (χ1) is 9.69. The molecular formula is C14H24O4S3. The number of Topliss-reactive ketones (excluding diaryl/α,β-unsaturated/α-hetero) is 1. The summed E-state index contributed by atoms with van der Waals surface area (Å²) in [5.41, 5.74) is 0.502. The minimum Gasteiger partial charge on any atom is -0.293 e. The Kier molecular flexibility index (Phi) is 7.30. The third kappa shape index (κ3) is 6.34. The normalized spacial score (nSPS) is 26.0. The molecule has 0 aromatic rings. The molecule has 1 saturated heterocycles. The van der Waals surface area contributed by atoms with Crippen LogP contribution in [0.15, 0.2) is 12.2 Å². The molecule has 2 atom stereocenters. The maximum Gasteiger partial charge on any atom is 0.267 e. The van der Waals surface area contributed by atoms with Crippen molar-refractivity contribution in [2.45, 2.75) is 55.3 Å². The molecule has 0 saturated carbocycles. The first-order valence-corrected chi connectivity index (χ1v) is 10.6. The Hall–Kier alpha value is 0.0200. The highest BCUT2D eigenvalue weighted by Gasteiger charge is 2.45. The second-order valence-electron chi connectivity index (χ2n) is 5.51. The maximum atomic E-state index is 12.0. The quantitative estimate of drug-likeness (QED) is 0.389. The first-order valence-electron chi connectivity index (χ1n) is 7.16. The van der Waals surface area contributed by atoms with Crippen molar-refractivity contribution in [3.05, 3.63) is 12.2 Å². The molecule has 1 N–H and O–H groups in total. The SMILES string of the molecule is C=C(C)C(=O)C1CSC(CCCCCC)(CS(=O)(=O)O)S1. The molecule has 1 aliphatic rings. The van der Waals surface area contributed by atoms with Crippen LogP contribution in [0.3, 0.4) is 0 Å². The third-order valence-electron chi connectivity index (χ3n) is 3.38. The summed E-state index contributed by atoms with van der Waals surface area (Å²) in [6.07, 6.45) is 4.89. The molecule has 122 valence electrons. The Bertz CT molecular complexity index is 486. The molecular weight excluding hydrogens is 328 g/mol. The first kappa shape index (κ1) is 19.1. The zero-order valence-corrected chi connectivity index (χ0v) is 15.1. The van der Waals surface area contributed by atoms with Gasteiger partial charge in [0.1, 0.15) is 0 Å². The lowest BCUT2D eigenvalue weighted by Crippen LogP contribution is -2.29. The molecule has 4 nitrogen and oxygen atoms in total. The molecule has 0 bridgehead atoms. The van der Waals surface area contributed by atoms with Crippen molar-refractivity contribution in [2.24, 2.45) is 0 Å². The molecule has 1 aliphatic heterocycles. The number of hydrogen-bond donors (Lipinski definition) is 1. The summed E-state index contributed by atoms with van der Waals surface area (Å²) in [6.45, 7) is 7.47. The van der Waals surface area contributed by atoms with Gasteiger partial charge < -0.3 is 0 Å². The average molecular weight is 353 g/mol. The van der Waals surface area contributed by atoms with Crippen molar-refractivity contribution in [2.75, 3.05) is 11.5 Å². The van der Waals surface area contributed by atoms with E-state index in [1.165, 1.54) is 23.5 Å². The van der Waals surface area contributed by atoms with Crippen LogP contribution in [0.5, 0.6) is 0 Å². The molecule has 0 aromatic carbocycles. The van der Waals surface area contributed by atoms with E-state index in [9.17, 15) is 17.8 Å². The van der Waals surface area contributed by atoms with Crippen molar-refractivity contribution in [3.63, 3.8) is 0 Å². The van der Waals surface area contributed by atoms with Gasteiger partial charge in [0.25, 0.3) is 10.1 Å². The summed E-state index contributed by atoms with van der Waals surface area (Å²) in [5.74, 6) is 0.277. The van der Waals surface area contributed by atoms with E-state index in [1.54, 1.807) is 6.92 Å². The fraction of sp³-hybridized carbons (Fsp3) is 0.786. The van der Waals surface area contributed by atoms with E-state index >= 15 is 0 Å². The summed E-state index contributed by atoms with van der Waals surface area (Å²) < 4.78 is 31.3. The van der Waals surface area contributed by atoms with E-state index in [0.717, 1.165) is 25.7 Å². The molecule has 0 radical (unpaired) electrons. The molecule has 0 amide bonds. The summed E-state index contributed by atoms with van der Waals surface area (Å²) in [6, 6.07) is 0. The summed E-state index contributed by atoms with van der Waals surface area (Å²) >= 11 is 2.88. The molecule has 0 aliphatic carbocycles. The summed E-state index contributed by atoms with van der Waals surface area (Å²) in [7, 11) is -4.05. The minimum absolute atomic E-state index is 0.0155. The molecule has 0 aromatic heterocycles. The highest BCUT2D eigenvalue weighted by Crippen LogP contribution is 2.52. The number of carbonyl (C=O) groups is 1. The number of rotatable bonds is 9. The van der Waals surface area contributed by atoms with Gasteiger partial charge in [0.2, 0.25) is 0 Å². The molecule has 0 spiro atoms. The van der Waals surface area contributed by atoms with Crippen molar-refractivity contribution in [3.8, 4) is 0 Å². The molecule has 2 unspecified atom stereocenters. The second kappa shape index (κ2) is 8.04. The molecule has 1 rings (SSSR count). The van der Waals surface area contributed by atoms with Gasteiger partial charge in [0.05, 0.1) is 15.1 Å². The van der Waals surface area contributed by atoms with Gasteiger partial charge in [-0.1, -0.05) is 39.2 Å². The topological polar surface area (TPSA) is 71.4 Å². The molecule has 1 fully saturated rings. The van der Waals surface area contributed by atoms with Gasteiger partial charge in [0, 0.05) is 5.75 Å². The van der Waals surface area contributed by atoms with E-state index in [-0.39, 0.29) is 16.8 Å². The largest absolute Gasteiger partial charge is 0.293 e. The third-order valence-corrected chi connectivity index (χ3v) is 8.28. The van der Waals surface area contributed by atoms with Crippen molar-refractivity contribution in [1.29, 1.82) is 0 Å². The smallest absolute Gasteiger partial charge is 0.267 e. The molecule has 7 heteroatoms. The van der Waals surface area contributed by atoms with Gasteiger partial charge in [-0.3, -0.25) is 9.35 Å². The van der Waals surface area contributed by atoms with E-state index in [4.69, 9.17) is 0 Å². The summed E-state index contributed by atoms with van der Waals surface area (Å²) in [5, 5.41) is -0.250. The van der Waals surface area contributed by atoms with Crippen molar-refractivity contribution >= 4 is 39.4 Å². The lowest BCUT2D eigenvalue weighted by Gasteiger charge is -2.26. The molecule has 21 heavy (non-hydrogen) atoms. The van der Waals surface area contributed by atoms with E-state index in [0.29, 0.717) is 17.7 Å². The lowest BCUT2D eigenvalue weighted by molar-refractivity contribution is -0.114. The number of carbonyl (C=O) groups excluding carboxylic acids is 1. The van der Waals surface area contributed by atoms with Gasteiger partial charge in [0.15, 0.2) is 5.78 Å². The van der Waals surface area contributed by atoms with Gasteiger partial charge in [-0.05, 0) is 18.9 Å². The van der Waals surface area contributed by atoms with Crippen molar-refractivity contribution in [1.82, 2.24) is 0 Å². The van der Waals surface area contributed by atoms with E-state index in [2.05, 4.69) is 13.5 Å². The second-order valence-corrected chi connectivity index (χ2v) is 10.2. The van der Waals surface area contributed by atoms with Crippen LogP contribution in [0.2, 0.25) is 0 Å². The van der Waals surface area contributed by atoms with Gasteiger partial charge in [-0.2, -0.15) is 8.42 Å². The highest BCUT2D eigenvalue weighted by molar-refractivity contribution is 8.22. The predicted molar refractivity (Wildman–Crippen MR) is 91.6 cm³/mol. The van der Waals surface area contributed by atoms with Crippen LogP contribution < -0.4 is 0 Å². The van der Waals surface area contributed by atoms with Crippen molar-refractivity contribution < 1.29 is 17.8 Å². The standard InChI is InChI=1S/C14H24O4S3/c1-4-5-6-7-8-14(10-21(16,17)18)19-9-12(20-14)13(15)11(2)3/h12H,2,4-10H2,1,3H3,(H,16,17,18). The van der Waals surface area contributed by atoms with Crippen LogP contribution in [0, 0.1) is 0 Å². The Balaban J connectivity index is 2.75. The summed E-state index contributed by atoms with van der Waals surface area (Å²) in [4.78, 5) is 12.0. The monoisotopic (exact) mass is 352 g/mol. The Morgan fingerprint density at radius 3 is 2.57 bits per heavy atom. The number of unbranched alkanes of at least 4 members (excludes halogenated alkanes) is 3. The molecule has 1 heterocycles. The van der Waals surface area contributed by atoms with Gasteiger partial charge in [-0.15, -0.1) is 23.5 Å². The highest BCUT2D eigenvalue weighted by atomic mass is 32.2. The van der Waals surface area contributed by atoms with Crippen LogP contribution in [0.25, 0.3) is 0 Å². The predicted octanol–water partition coefficient (Wildman–Crippen LogP) is 3.53. The fourth-order valence-corrected chi connectivity index (χ4v) is 7.82. The average Bonchev–Trinajstić information content (AvgIpc) is 2.76. The van der Waals surface area contributed by atoms with Crippen LogP contribution in [0.4, 0.5) is 0 Å². The number of hydrogen-bond acceptors (Lipinski definition) is 5. The van der Waals surface area contributed by atoms with E-state index in [1.807, 2.05) is 0 Å². The minimum atomic E-state index is -4.05. The van der Waals surface area contributed by atoms with Gasteiger partial charge >= 0.3 is 0 Å². The van der Waals surface area contributed by atoms with Gasteiger partial charge in [-0.25, -0.2) is 0 Å². The zero-order valence-electron chi connectivity index (χ0n) is 12.6. The lowest BCUT2D eigenvalue weighted by atomic mass is 10.1. The Morgan fingerprint density at radius 1 is 1.38 bits per heavy atom. The fourth-order valence-electron chi connectivity index (χ4n) is 2.34. The number of thioether (sulfide) groups is 2. The van der Waals surface area contributed by atoms with Crippen LogP contribution >= 0.6 is 23.5 Å². The maximum absolute atomic E-state index is 12.0. The zero-order chi connectivity index (χ0) is 16.1. The Morgan fingerprint density at radius 2 is 2.05 bits per heavy atom. The van der Waals surface area contributed by atoms with Crippen LogP contribution in [-0.2, 0) is 14.9 Å². The van der Waals surface area contributed by atoms with Crippen LogP contribution in [-0.4, -0.2) is 39.6 Å². The number of allylic oxidation sites excluding steroid dienone is 1. The Labute approximate surface area is 136 Å².